The van der Waals surface area contributed by atoms with E-state index in [1.54, 1.807) is 36.4 Å². The van der Waals surface area contributed by atoms with Crippen molar-refractivity contribution in [1.82, 2.24) is 0 Å². The fraction of sp³-hybridized carbons (Fsp3) is 0.152. The third-order valence-electron chi connectivity index (χ3n) is 8.31. The van der Waals surface area contributed by atoms with Gasteiger partial charge in [0.05, 0.1) is 23.1 Å². The molecule has 0 radical (unpaired) electrons. The van der Waals surface area contributed by atoms with Crippen LogP contribution in [0.15, 0.2) is 97.1 Å². The number of ether oxygens (including phenoxy) is 1. The second-order valence-electron chi connectivity index (χ2n) is 10.3. The van der Waals surface area contributed by atoms with Gasteiger partial charge in [-0.3, -0.25) is 14.4 Å². The van der Waals surface area contributed by atoms with Gasteiger partial charge in [-0.15, -0.1) is 0 Å². The fourth-order valence-electron chi connectivity index (χ4n) is 6.61. The molecule has 196 valence electrons. The lowest BCUT2D eigenvalue weighted by Crippen LogP contribution is -2.41. The number of anilines is 1. The third kappa shape index (κ3) is 3.63. The summed E-state index contributed by atoms with van der Waals surface area (Å²) in [6.45, 7) is -0.418. The SMILES string of the molecule is O=C(COC(=O)c1ccc(N2C(=O)[C@@H]3C4c5ccccc5C(c5ccccc54)[C@H]3C2=O)cc1)c1ccc(Cl)cc1. The van der Waals surface area contributed by atoms with Crippen LogP contribution >= 0.6 is 11.6 Å². The maximum Gasteiger partial charge on any atom is 0.338 e. The van der Waals surface area contributed by atoms with Gasteiger partial charge in [-0.05, 0) is 70.8 Å². The predicted molar refractivity (Wildman–Crippen MR) is 149 cm³/mol. The smallest absolute Gasteiger partial charge is 0.338 e. The standard InChI is InChI=1S/C33H22ClNO5/c34-20-13-9-18(10-14-20)26(36)17-40-33(39)19-11-15-21(16-12-19)35-31(37)29-27-22-5-1-2-6-23(22)28(30(29)32(35)38)25-8-4-3-7-24(25)27/h1-16,27-30H,17H2/t27?,28?,29-,30-/m1/s1. The Morgan fingerprint density at radius 2 is 1.10 bits per heavy atom. The summed E-state index contributed by atoms with van der Waals surface area (Å²) in [5, 5.41) is 0.504. The maximum atomic E-state index is 13.9. The molecule has 1 heterocycles. The highest BCUT2D eigenvalue weighted by atomic mass is 35.5. The lowest BCUT2D eigenvalue weighted by Gasteiger charge is -2.45. The first-order valence-electron chi connectivity index (χ1n) is 13.1. The average molecular weight is 548 g/mol. The van der Waals surface area contributed by atoms with E-state index in [4.69, 9.17) is 16.3 Å². The lowest BCUT2D eigenvalue weighted by atomic mass is 9.55. The van der Waals surface area contributed by atoms with Crippen LogP contribution in [0.1, 0.15) is 54.8 Å². The quantitative estimate of drug-likeness (QED) is 0.180. The molecular weight excluding hydrogens is 526 g/mol. The molecule has 4 aromatic rings. The van der Waals surface area contributed by atoms with Crippen molar-refractivity contribution in [2.24, 2.45) is 11.8 Å². The molecule has 3 aliphatic carbocycles. The maximum absolute atomic E-state index is 13.9. The van der Waals surface area contributed by atoms with Crippen molar-refractivity contribution >= 4 is 40.9 Å². The van der Waals surface area contributed by atoms with Crippen molar-refractivity contribution < 1.29 is 23.9 Å². The molecule has 0 spiro atoms. The summed E-state index contributed by atoms with van der Waals surface area (Å²) in [6.07, 6.45) is 0. The summed E-state index contributed by atoms with van der Waals surface area (Å²) in [5.41, 5.74) is 5.46. The Bertz CT molecular complexity index is 1600. The Morgan fingerprint density at radius 1 is 0.650 bits per heavy atom. The van der Waals surface area contributed by atoms with Crippen LogP contribution in [-0.2, 0) is 14.3 Å². The van der Waals surface area contributed by atoms with Gasteiger partial charge in [0.2, 0.25) is 11.8 Å². The molecule has 0 unspecified atom stereocenters. The molecule has 2 bridgehead atoms. The van der Waals surface area contributed by atoms with E-state index in [0.717, 1.165) is 22.3 Å². The predicted octanol–water partition coefficient (Wildman–Crippen LogP) is 5.78. The number of carbonyl (C=O) groups excluding carboxylic acids is 4. The number of hydrogen-bond donors (Lipinski definition) is 0. The Labute approximate surface area is 235 Å². The summed E-state index contributed by atoms with van der Waals surface area (Å²) in [5.74, 6) is -2.81. The molecule has 1 fully saturated rings. The molecular formula is C33H22ClNO5. The van der Waals surface area contributed by atoms with Gasteiger partial charge in [-0.1, -0.05) is 60.1 Å². The minimum atomic E-state index is -0.675. The van der Waals surface area contributed by atoms with Crippen LogP contribution in [-0.4, -0.2) is 30.2 Å². The van der Waals surface area contributed by atoms with Crippen molar-refractivity contribution in [3.63, 3.8) is 0 Å². The number of nitrogens with zero attached hydrogens (tertiary/aromatic N) is 1. The van der Waals surface area contributed by atoms with Gasteiger partial charge >= 0.3 is 5.97 Å². The summed E-state index contributed by atoms with van der Waals surface area (Å²) < 4.78 is 5.20. The molecule has 0 N–H and O–H groups in total. The molecule has 7 heteroatoms. The van der Waals surface area contributed by atoms with Crippen molar-refractivity contribution in [2.45, 2.75) is 11.8 Å². The Morgan fingerprint density at radius 3 is 1.57 bits per heavy atom. The highest BCUT2D eigenvalue weighted by Crippen LogP contribution is 2.61. The number of hydrogen-bond acceptors (Lipinski definition) is 5. The zero-order valence-electron chi connectivity index (χ0n) is 21.1. The zero-order chi connectivity index (χ0) is 27.5. The Hall–Kier alpha value is -4.55. The highest BCUT2D eigenvalue weighted by Gasteiger charge is 2.61. The van der Waals surface area contributed by atoms with Crippen LogP contribution in [0.25, 0.3) is 0 Å². The van der Waals surface area contributed by atoms with Crippen molar-refractivity contribution in [3.05, 3.63) is 135 Å². The zero-order valence-corrected chi connectivity index (χ0v) is 21.9. The van der Waals surface area contributed by atoms with Crippen LogP contribution in [0.5, 0.6) is 0 Å². The van der Waals surface area contributed by atoms with E-state index in [0.29, 0.717) is 16.3 Å². The van der Waals surface area contributed by atoms with Crippen LogP contribution < -0.4 is 4.90 Å². The monoisotopic (exact) mass is 547 g/mol. The van der Waals surface area contributed by atoms with Crippen molar-refractivity contribution in [1.29, 1.82) is 0 Å². The average Bonchev–Trinajstić information content (AvgIpc) is 3.26. The third-order valence-corrected chi connectivity index (χ3v) is 8.56. The van der Waals surface area contributed by atoms with Gasteiger partial charge in [0, 0.05) is 22.4 Å². The number of ketones is 1. The molecule has 1 saturated heterocycles. The fourth-order valence-corrected chi connectivity index (χ4v) is 6.74. The Kier molecular flexibility index (Phi) is 5.68. The summed E-state index contributed by atoms with van der Waals surface area (Å²) in [6, 6.07) is 28.7. The first-order chi connectivity index (χ1) is 19.4. The van der Waals surface area contributed by atoms with Crippen LogP contribution in [0.2, 0.25) is 5.02 Å². The summed E-state index contributed by atoms with van der Waals surface area (Å²) in [7, 11) is 0. The molecule has 4 aromatic carbocycles. The summed E-state index contributed by atoms with van der Waals surface area (Å²) >= 11 is 5.85. The first kappa shape index (κ1) is 24.5. The minimum absolute atomic E-state index is 0.184. The van der Waals surface area contributed by atoms with Gasteiger partial charge < -0.3 is 4.74 Å². The number of imide groups is 1. The Balaban J connectivity index is 1.13. The first-order valence-corrected chi connectivity index (χ1v) is 13.4. The molecule has 4 aliphatic rings. The number of halogens is 1. The summed E-state index contributed by atoms with van der Waals surface area (Å²) in [4.78, 5) is 54.0. The second kappa shape index (κ2) is 9.28. The van der Waals surface area contributed by atoms with Gasteiger partial charge in [0.25, 0.3) is 0 Å². The van der Waals surface area contributed by atoms with Crippen molar-refractivity contribution in [3.8, 4) is 0 Å². The van der Waals surface area contributed by atoms with E-state index in [2.05, 4.69) is 24.3 Å². The van der Waals surface area contributed by atoms with Crippen LogP contribution in [0.4, 0.5) is 5.69 Å². The van der Waals surface area contributed by atoms with Crippen LogP contribution in [0.3, 0.4) is 0 Å². The van der Waals surface area contributed by atoms with E-state index in [1.807, 2.05) is 24.3 Å². The van der Waals surface area contributed by atoms with E-state index in [-0.39, 0.29) is 35.0 Å². The molecule has 6 nitrogen and oxygen atoms in total. The van der Waals surface area contributed by atoms with E-state index in [9.17, 15) is 19.2 Å². The molecule has 1 aliphatic heterocycles. The minimum Gasteiger partial charge on any atom is -0.454 e. The molecule has 8 rings (SSSR count). The number of benzene rings is 4. The molecule has 0 aromatic heterocycles. The second-order valence-corrected chi connectivity index (χ2v) is 10.8. The van der Waals surface area contributed by atoms with Gasteiger partial charge in [-0.25, -0.2) is 9.69 Å². The number of esters is 1. The number of rotatable bonds is 5. The van der Waals surface area contributed by atoms with E-state index >= 15 is 0 Å². The molecule has 2 atom stereocenters. The lowest BCUT2D eigenvalue weighted by molar-refractivity contribution is -0.122. The van der Waals surface area contributed by atoms with Crippen molar-refractivity contribution in [2.75, 3.05) is 11.5 Å². The van der Waals surface area contributed by atoms with Gasteiger partial charge in [-0.2, -0.15) is 0 Å². The normalized spacial score (nSPS) is 22.0. The van der Waals surface area contributed by atoms with Gasteiger partial charge in [0.15, 0.2) is 12.4 Å². The van der Waals surface area contributed by atoms with E-state index < -0.39 is 24.4 Å². The molecule has 40 heavy (non-hydrogen) atoms. The van der Waals surface area contributed by atoms with E-state index in [1.165, 1.54) is 17.0 Å². The van der Waals surface area contributed by atoms with Gasteiger partial charge in [0.1, 0.15) is 0 Å². The number of Topliss-reactive ketones (excluding diaryl/α,β-unsaturated/α-hetero) is 1. The molecule has 2 amide bonds. The largest absolute Gasteiger partial charge is 0.454 e. The van der Waals surface area contributed by atoms with Crippen LogP contribution in [0, 0.1) is 11.8 Å². The highest BCUT2D eigenvalue weighted by molar-refractivity contribution is 6.30. The number of carbonyl (C=O) groups is 4. The topological polar surface area (TPSA) is 80.8 Å². The molecule has 0 saturated carbocycles. The number of amides is 2.